The van der Waals surface area contributed by atoms with Crippen molar-refractivity contribution in [2.75, 3.05) is 23.4 Å². The molecule has 0 spiro atoms. The SMILES string of the molecule is Cc1ccc2c(c1)N(C)C(=O)C(N)CN2C(=O)CC(C)(C)C. The molecule has 1 aliphatic heterocycles. The van der Waals surface area contributed by atoms with Gasteiger partial charge in [0.2, 0.25) is 11.8 Å². The van der Waals surface area contributed by atoms with E-state index in [-0.39, 0.29) is 23.8 Å². The van der Waals surface area contributed by atoms with Crippen LogP contribution >= 0.6 is 0 Å². The highest BCUT2D eigenvalue weighted by Gasteiger charge is 2.33. The van der Waals surface area contributed by atoms with Crippen LogP contribution in [0.3, 0.4) is 0 Å². The predicted molar refractivity (Wildman–Crippen MR) is 89.0 cm³/mol. The lowest BCUT2D eigenvalue weighted by atomic mass is 9.91. The molecule has 5 nitrogen and oxygen atoms in total. The maximum Gasteiger partial charge on any atom is 0.245 e. The van der Waals surface area contributed by atoms with E-state index >= 15 is 0 Å². The minimum absolute atomic E-state index is 0.00356. The number of aryl methyl sites for hydroxylation is 1. The van der Waals surface area contributed by atoms with Crippen molar-refractivity contribution in [3.63, 3.8) is 0 Å². The Morgan fingerprint density at radius 1 is 1.32 bits per heavy atom. The monoisotopic (exact) mass is 303 g/mol. The molecule has 22 heavy (non-hydrogen) atoms. The van der Waals surface area contributed by atoms with Crippen LogP contribution in [-0.2, 0) is 9.59 Å². The Morgan fingerprint density at radius 2 is 1.95 bits per heavy atom. The first-order valence-electron chi connectivity index (χ1n) is 7.54. The second-order valence-corrected chi connectivity index (χ2v) is 7.24. The first-order chi connectivity index (χ1) is 10.1. The molecule has 1 atom stereocenters. The summed E-state index contributed by atoms with van der Waals surface area (Å²) in [6.07, 6.45) is 0.408. The third-order valence-corrected chi connectivity index (χ3v) is 3.79. The molecule has 120 valence electrons. The van der Waals surface area contributed by atoms with Crippen molar-refractivity contribution < 1.29 is 9.59 Å². The van der Waals surface area contributed by atoms with E-state index in [2.05, 4.69) is 0 Å². The van der Waals surface area contributed by atoms with E-state index in [1.54, 1.807) is 16.8 Å². The molecule has 1 aromatic carbocycles. The molecule has 0 saturated carbocycles. The molecular formula is C17H25N3O2. The Hall–Kier alpha value is -1.88. The number of hydrogen-bond acceptors (Lipinski definition) is 3. The van der Waals surface area contributed by atoms with Crippen LogP contribution in [0.5, 0.6) is 0 Å². The van der Waals surface area contributed by atoms with E-state index in [0.29, 0.717) is 6.42 Å². The van der Waals surface area contributed by atoms with E-state index in [1.807, 2.05) is 45.9 Å². The highest BCUT2D eigenvalue weighted by atomic mass is 16.2. The number of carbonyl (C=O) groups excluding carboxylic acids is 2. The van der Waals surface area contributed by atoms with Crippen molar-refractivity contribution in [2.24, 2.45) is 11.1 Å². The normalized spacial score (nSPS) is 19.0. The zero-order valence-corrected chi connectivity index (χ0v) is 14.0. The summed E-state index contributed by atoms with van der Waals surface area (Å²) >= 11 is 0. The molecule has 2 rings (SSSR count). The fourth-order valence-corrected chi connectivity index (χ4v) is 2.66. The standard InChI is InChI=1S/C17H25N3O2/c1-11-6-7-13-14(8-11)19(5)16(22)12(18)10-20(13)15(21)9-17(2,3)4/h6-8,12H,9-10,18H2,1-5H3. The summed E-state index contributed by atoms with van der Waals surface area (Å²) in [5, 5.41) is 0. The number of rotatable bonds is 1. The third kappa shape index (κ3) is 3.30. The highest BCUT2D eigenvalue weighted by Crippen LogP contribution is 2.34. The van der Waals surface area contributed by atoms with Crippen LogP contribution in [0.25, 0.3) is 0 Å². The summed E-state index contributed by atoms with van der Waals surface area (Å²) in [6.45, 7) is 8.25. The highest BCUT2D eigenvalue weighted by molar-refractivity contribution is 6.06. The number of fused-ring (bicyclic) bond motifs is 1. The van der Waals surface area contributed by atoms with Crippen LogP contribution in [0, 0.1) is 12.3 Å². The van der Waals surface area contributed by atoms with Crippen molar-refractivity contribution in [3.8, 4) is 0 Å². The number of benzene rings is 1. The molecule has 0 aromatic heterocycles. The van der Waals surface area contributed by atoms with Gasteiger partial charge < -0.3 is 15.5 Å². The lowest BCUT2D eigenvalue weighted by molar-refractivity contribution is -0.120. The van der Waals surface area contributed by atoms with Gasteiger partial charge in [-0.05, 0) is 30.0 Å². The number of hydrogen-bond donors (Lipinski definition) is 1. The Morgan fingerprint density at radius 3 is 2.55 bits per heavy atom. The van der Waals surface area contributed by atoms with Crippen molar-refractivity contribution in [1.82, 2.24) is 0 Å². The molecule has 2 amide bonds. The van der Waals surface area contributed by atoms with E-state index in [1.165, 1.54) is 0 Å². The number of carbonyl (C=O) groups is 2. The van der Waals surface area contributed by atoms with Crippen LogP contribution in [0.15, 0.2) is 18.2 Å². The first kappa shape index (κ1) is 16.5. The van der Waals surface area contributed by atoms with E-state index < -0.39 is 6.04 Å². The molecule has 1 aromatic rings. The number of nitrogens with zero attached hydrogens (tertiary/aromatic N) is 2. The summed E-state index contributed by atoms with van der Waals surface area (Å²) in [4.78, 5) is 28.3. The molecule has 0 fully saturated rings. The van der Waals surface area contributed by atoms with Crippen molar-refractivity contribution >= 4 is 23.2 Å². The second-order valence-electron chi connectivity index (χ2n) is 7.24. The topological polar surface area (TPSA) is 66.6 Å². The van der Waals surface area contributed by atoms with Gasteiger partial charge >= 0.3 is 0 Å². The molecule has 1 unspecified atom stereocenters. The second kappa shape index (κ2) is 5.72. The maximum absolute atomic E-state index is 12.7. The first-order valence-corrected chi connectivity index (χ1v) is 7.54. The Kier molecular flexibility index (Phi) is 4.29. The van der Waals surface area contributed by atoms with Crippen molar-refractivity contribution in [2.45, 2.75) is 40.2 Å². The van der Waals surface area contributed by atoms with Gasteiger partial charge in [-0.2, -0.15) is 0 Å². The zero-order chi connectivity index (χ0) is 16.7. The van der Waals surface area contributed by atoms with Crippen LogP contribution in [0.2, 0.25) is 0 Å². The van der Waals surface area contributed by atoms with Gasteiger partial charge in [0, 0.05) is 13.5 Å². The lowest BCUT2D eigenvalue weighted by Crippen LogP contribution is -2.47. The zero-order valence-electron chi connectivity index (χ0n) is 14.0. The van der Waals surface area contributed by atoms with Gasteiger partial charge in [-0.1, -0.05) is 26.8 Å². The van der Waals surface area contributed by atoms with E-state index in [9.17, 15) is 9.59 Å². The summed E-state index contributed by atoms with van der Waals surface area (Å²) in [7, 11) is 1.71. The average molecular weight is 303 g/mol. The maximum atomic E-state index is 12.7. The molecule has 1 aliphatic rings. The summed E-state index contributed by atoms with van der Waals surface area (Å²) in [5.74, 6) is -0.172. The molecule has 5 heteroatoms. The van der Waals surface area contributed by atoms with Gasteiger partial charge in [0.05, 0.1) is 17.9 Å². The van der Waals surface area contributed by atoms with Gasteiger partial charge in [-0.15, -0.1) is 0 Å². The third-order valence-electron chi connectivity index (χ3n) is 3.79. The van der Waals surface area contributed by atoms with Crippen molar-refractivity contribution in [1.29, 1.82) is 0 Å². The number of likely N-dealkylation sites (N-methyl/N-ethyl adjacent to an activating group) is 1. The van der Waals surface area contributed by atoms with Crippen LogP contribution in [0.1, 0.15) is 32.8 Å². The smallest absolute Gasteiger partial charge is 0.245 e. The largest absolute Gasteiger partial charge is 0.318 e. The lowest BCUT2D eigenvalue weighted by Gasteiger charge is -2.27. The van der Waals surface area contributed by atoms with Gasteiger partial charge in [0.1, 0.15) is 6.04 Å². The molecule has 2 N–H and O–H groups in total. The minimum atomic E-state index is -0.707. The van der Waals surface area contributed by atoms with Crippen LogP contribution < -0.4 is 15.5 Å². The van der Waals surface area contributed by atoms with Gasteiger partial charge in [0.25, 0.3) is 0 Å². The fraction of sp³-hybridized carbons (Fsp3) is 0.529. The molecule has 0 bridgehead atoms. The summed E-state index contributed by atoms with van der Waals surface area (Å²) in [5.41, 5.74) is 8.40. The number of amides is 2. The van der Waals surface area contributed by atoms with Gasteiger partial charge in [0.15, 0.2) is 0 Å². The molecule has 0 aliphatic carbocycles. The predicted octanol–water partition coefficient (Wildman–Crippen LogP) is 2.07. The fourth-order valence-electron chi connectivity index (χ4n) is 2.66. The Labute approximate surface area is 132 Å². The Bertz CT molecular complexity index is 604. The number of anilines is 2. The Balaban J connectivity index is 2.48. The number of nitrogens with two attached hydrogens (primary N) is 1. The minimum Gasteiger partial charge on any atom is -0.318 e. The van der Waals surface area contributed by atoms with E-state index in [4.69, 9.17) is 5.73 Å². The summed E-state index contributed by atoms with van der Waals surface area (Å²) in [6, 6.07) is 5.06. The molecule has 1 heterocycles. The average Bonchev–Trinajstić information content (AvgIpc) is 2.48. The van der Waals surface area contributed by atoms with E-state index in [0.717, 1.165) is 16.9 Å². The van der Waals surface area contributed by atoms with Gasteiger partial charge in [-0.3, -0.25) is 9.59 Å². The van der Waals surface area contributed by atoms with Gasteiger partial charge in [-0.25, -0.2) is 0 Å². The molecular weight excluding hydrogens is 278 g/mol. The van der Waals surface area contributed by atoms with Crippen LogP contribution in [-0.4, -0.2) is 31.4 Å². The quantitative estimate of drug-likeness (QED) is 0.863. The molecule has 0 saturated heterocycles. The van der Waals surface area contributed by atoms with Crippen molar-refractivity contribution in [3.05, 3.63) is 23.8 Å². The summed E-state index contributed by atoms with van der Waals surface area (Å²) < 4.78 is 0. The molecule has 0 radical (unpaired) electrons. The van der Waals surface area contributed by atoms with Crippen LogP contribution in [0.4, 0.5) is 11.4 Å².